The monoisotopic (exact) mass is 351 g/mol. The lowest BCUT2D eigenvalue weighted by atomic mass is 10.1. The normalized spacial score (nSPS) is 14.2. The van der Waals surface area contributed by atoms with Gasteiger partial charge in [0.25, 0.3) is 0 Å². The molecule has 0 aliphatic heterocycles. The van der Waals surface area contributed by atoms with Crippen molar-refractivity contribution in [2.45, 2.75) is 44.7 Å². The Hall–Kier alpha value is -2.19. The molecule has 0 aliphatic carbocycles. The zero-order valence-corrected chi connectivity index (χ0v) is 14.8. The van der Waals surface area contributed by atoms with Gasteiger partial charge in [0.15, 0.2) is 5.76 Å². The van der Waals surface area contributed by atoms with Gasteiger partial charge in [-0.05, 0) is 33.3 Å². The summed E-state index contributed by atoms with van der Waals surface area (Å²) >= 11 is 0. The maximum atomic E-state index is 12.4. The van der Waals surface area contributed by atoms with Gasteiger partial charge in [-0.2, -0.15) is 4.72 Å². The summed E-state index contributed by atoms with van der Waals surface area (Å²) in [5.41, 5.74) is 1.19. The van der Waals surface area contributed by atoms with Crippen molar-refractivity contribution in [3.05, 3.63) is 47.3 Å². The summed E-state index contributed by atoms with van der Waals surface area (Å²) in [6, 6.07) is 8.26. The fraction of sp³-hybridized carbons (Fsp3) is 0.375. The van der Waals surface area contributed by atoms with Gasteiger partial charge < -0.3 is 9.84 Å². The van der Waals surface area contributed by atoms with Crippen LogP contribution in [0.2, 0.25) is 0 Å². The molecule has 0 aliphatic rings. The van der Waals surface area contributed by atoms with Crippen LogP contribution in [0.5, 0.6) is 0 Å². The average molecular weight is 351 g/mol. The highest BCUT2D eigenvalue weighted by atomic mass is 32.2. The molecule has 2 aromatic rings. The van der Waals surface area contributed by atoms with Crippen molar-refractivity contribution in [2.24, 2.45) is 0 Å². The van der Waals surface area contributed by atoms with Crippen LogP contribution in [0.4, 0.5) is 0 Å². The van der Waals surface area contributed by atoms with E-state index in [0.29, 0.717) is 0 Å². The lowest BCUT2D eigenvalue weighted by Crippen LogP contribution is -2.45. The third-order valence-electron chi connectivity index (χ3n) is 3.62. The molecule has 8 heteroatoms. The summed E-state index contributed by atoms with van der Waals surface area (Å²) in [7, 11) is -3.89. The number of hydrogen-bond acceptors (Lipinski definition) is 5. The number of aromatic nitrogens is 1. The number of benzene rings is 1. The van der Waals surface area contributed by atoms with Gasteiger partial charge in [0.05, 0.1) is 12.1 Å². The smallest absolute Gasteiger partial charge is 0.246 e. The molecule has 0 saturated heterocycles. The average Bonchev–Trinajstić information content (AvgIpc) is 2.87. The Kier molecular flexibility index (Phi) is 5.40. The summed E-state index contributed by atoms with van der Waals surface area (Å²) in [4.78, 5) is 12.2. The second-order valence-corrected chi connectivity index (χ2v) is 7.29. The minimum atomic E-state index is -3.89. The highest BCUT2D eigenvalue weighted by Crippen LogP contribution is 2.19. The molecule has 130 valence electrons. The number of carbonyl (C=O) groups is 1. The van der Waals surface area contributed by atoms with Gasteiger partial charge in [-0.15, -0.1) is 0 Å². The van der Waals surface area contributed by atoms with Crippen LogP contribution in [0, 0.1) is 13.8 Å². The first-order chi connectivity index (χ1) is 11.2. The number of rotatable bonds is 6. The Balaban J connectivity index is 2.06. The van der Waals surface area contributed by atoms with E-state index in [4.69, 9.17) is 4.52 Å². The predicted octanol–water partition coefficient (Wildman–Crippen LogP) is 1.84. The number of aryl methyl sites for hydroxylation is 2. The Morgan fingerprint density at radius 3 is 2.33 bits per heavy atom. The van der Waals surface area contributed by atoms with Crippen molar-refractivity contribution in [3.63, 3.8) is 0 Å². The molecule has 0 spiro atoms. The van der Waals surface area contributed by atoms with Crippen molar-refractivity contribution in [2.75, 3.05) is 0 Å². The number of amides is 1. The van der Waals surface area contributed by atoms with E-state index in [0.717, 1.165) is 5.56 Å². The maximum absolute atomic E-state index is 12.4. The van der Waals surface area contributed by atoms with E-state index < -0.39 is 22.0 Å². The maximum Gasteiger partial charge on any atom is 0.246 e. The zero-order valence-electron chi connectivity index (χ0n) is 14.0. The van der Waals surface area contributed by atoms with Crippen LogP contribution in [0.25, 0.3) is 0 Å². The zero-order chi connectivity index (χ0) is 17.9. The van der Waals surface area contributed by atoms with Crippen molar-refractivity contribution in [1.29, 1.82) is 0 Å². The van der Waals surface area contributed by atoms with E-state index in [1.807, 2.05) is 37.3 Å². The fourth-order valence-electron chi connectivity index (χ4n) is 2.37. The van der Waals surface area contributed by atoms with Crippen molar-refractivity contribution >= 4 is 15.9 Å². The molecule has 2 N–H and O–H groups in total. The predicted molar refractivity (Wildman–Crippen MR) is 88.8 cm³/mol. The van der Waals surface area contributed by atoms with Gasteiger partial charge in [-0.25, -0.2) is 8.42 Å². The molecule has 2 unspecified atom stereocenters. The molecular formula is C16H21N3O4S. The summed E-state index contributed by atoms with van der Waals surface area (Å²) < 4.78 is 32.1. The van der Waals surface area contributed by atoms with Gasteiger partial charge >= 0.3 is 0 Å². The Labute approximate surface area is 141 Å². The molecule has 1 aromatic heterocycles. The number of carbonyl (C=O) groups excluding carboxylic acids is 1. The van der Waals surface area contributed by atoms with Crippen LogP contribution in [0.1, 0.15) is 36.9 Å². The minimum Gasteiger partial charge on any atom is -0.360 e. The largest absolute Gasteiger partial charge is 0.360 e. The van der Waals surface area contributed by atoms with Gasteiger partial charge in [-0.1, -0.05) is 35.5 Å². The van der Waals surface area contributed by atoms with Crippen LogP contribution < -0.4 is 10.0 Å². The highest BCUT2D eigenvalue weighted by molar-refractivity contribution is 7.89. The third kappa shape index (κ3) is 4.01. The summed E-state index contributed by atoms with van der Waals surface area (Å²) in [5.74, 6) is -0.230. The Morgan fingerprint density at radius 1 is 1.17 bits per heavy atom. The highest BCUT2D eigenvalue weighted by Gasteiger charge is 2.28. The summed E-state index contributed by atoms with van der Waals surface area (Å²) in [5, 5.41) is 6.42. The van der Waals surface area contributed by atoms with E-state index in [-0.39, 0.29) is 22.4 Å². The Morgan fingerprint density at radius 2 is 1.79 bits per heavy atom. The standard InChI is InChI=1S/C16H21N3O4S/c1-10(14-8-6-5-7-9-14)17-16(20)12(3)19-24(21,22)15-11(2)18-23-13(15)4/h5-10,12,19H,1-4H3,(H,17,20). The lowest BCUT2D eigenvalue weighted by Gasteiger charge is -2.18. The molecule has 0 bridgehead atoms. The molecule has 24 heavy (non-hydrogen) atoms. The number of nitrogens with zero attached hydrogens (tertiary/aromatic N) is 1. The third-order valence-corrected chi connectivity index (χ3v) is 5.40. The van der Waals surface area contributed by atoms with Gasteiger partial charge in [-0.3, -0.25) is 4.79 Å². The molecule has 1 aromatic carbocycles. The SMILES string of the molecule is Cc1noc(C)c1S(=O)(=O)NC(C)C(=O)NC(C)c1ccccc1. The van der Waals surface area contributed by atoms with Crippen LogP contribution in [-0.2, 0) is 14.8 Å². The van der Waals surface area contributed by atoms with Crippen molar-refractivity contribution < 1.29 is 17.7 Å². The van der Waals surface area contributed by atoms with Crippen LogP contribution in [-0.4, -0.2) is 25.5 Å². The van der Waals surface area contributed by atoms with E-state index in [2.05, 4.69) is 15.2 Å². The summed E-state index contributed by atoms with van der Waals surface area (Å²) in [6.07, 6.45) is 0. The van der Waals surface area contributed by atoms with Crippen LogP contribution >= 0.6 is 0 Å². The van der Waals surface area contributed by atoms with Gasteiger partial charge in [0, 0.05) is 0 Å². The molecule has 0 saturated carbocycles. The van der Waals surface area contributed by atoms with Gasteiger partial charge in [0.1, 0.15) is 10.6 Å². The first-order valence-corrected chi connectivity index (χ1v) is 9.01. The van der Waals surface area contributed by atoms with Crippen molar-refractivity contribution in [1.82, 2.24) is 15.2 Å². The second-order valence-electron chi connectivity index (χ2n) is 5.64. The lowest BCUT2D eigenvalue weighted by molar-refractivity contribution is -0.123. The molecule has 7 nitrogen and oxygen atoms in total. The minimum absolute atomic E-state index is 0.0294. The molecular weight excluding hydrogens is 330 g/mol. The first kappa shape index (κ1) is 18.2. The van der Waals surface area contributed by atoms with Crippen LogP contribution in [0.3, 0.4) is 0 Å². The van der Waals surface area contributed by atoms with E-state index >= 15 is 0 Å². The van der Waals surface area contributed by atoms with E-state index in [9.17, 15) is 13.2 Å². The topological polar surface area (TPSA) is 101 Å². The Bertz CT molecular complexity index is 796. The van der Waals surface area contributed by atoms with Crippen molar-refractivity contribution in [3.8, 4) is 0 Å². The summed E-state index contributed by atoms with van der Waals surface area (Å²) in [6.45, 7) is 6.37. The van der Waals surface area contributed by atoms with Gasteiger partial charge in [0.2, 0.25) is 15.9 Å². The second kappa shape index (κ2) is 7.14. The fourth-order valence-corrected chi connectivity index (χ4v) is 3.90. The molecule has 2 rings (SSSR count). The first-order valence-electron chi connectivity index (χ1n) is 7.53. The molecule has 1 heterocycles. The quantitative estimate of drug-likeness (QED) is 0.827. The van der Waals surface area contributed by atoms with Crippen LogP contribution in [0.15, 0.2) is 39.8 Å². The number of sulfonamides is 1. The number of hydrogen-bond donors (Lipinski definition) is 2. The molecule has 1 amide bonds. The van der Waals surface area contributed by atoms with E-state index in [1.54, 1.807) is 0 Å². The molecule has 2 atom stereocenters. The number of nitrogens with one attached hydrogen (secondary N) is 2. The van der Waals surface area contributed by atoms with E-state index in [1.165, 1.54) is 20.8 Å². The molecule has 0 fully saturated rings. The molecule has 0 radical (unpaired) electrons.